The second-order valence-corrected chi connectivity index (χ2v) is 9.04. The van der Waals surface area contributed by atoms with Gasteiger partial charge in [0.05, 0.1) is 11.5 Å². The van der Waals surface area contributed by atoms with Gasteiger partial charge in [-0.3, -0.25) is 4.79 Å². The third kappa shape index (κ3) is 4.39. The number of carbonyl (C=O) groups is 1. The van der Waals surface area contributed by atoms with Crippen LogP contribution in [0.2, 0.25) is 0 Å². The van der Waals surface area contributed by atoms with E-state index in [1.54, 1.807) is 0 Å². The van der Waals surface area contributed by atoms with Gasteiger partial charge in [0.2, 0.25) is 5.91 Å². The fourth-order valence-electron chi connectivity index (χ4n) is 4.94. The standard InChI is InChI=1S/C26H34N2O2/c1-20-7-6-16-28(19-20)24-12-10-22(11-13-24)21(2)27-25(29)26(14-17-30-18-15-26)23-8-4-3-5-9-23/h3-5,8-13,20-21H,6-7,14-19H2,1-2H3,(H,27,29)/t20-,21-/m0/s1. The Bertz CT molecular complexity index is 828. The fraction of sp³-hybridized carbons (Fsp3) is 0.500. The molecule has 2 aliphatic rings. The molecular formula is C26H34N2O2. The van der Waals surface area contributed by atoms with Gasteiger partial charge in [-0.25, -0.2) is 0 Å². The van der Waals surface area contributed by atoms with Crippen molar-refractivity contribution in [3.05, 3.63) is 65.7 Å². The molecule has 0 saturated carbocycles. The number of hydrogen-bond acceptors (Lipinski definition) is 3. The molecule has 1 N–H and O–H groups in total. The van der Waals surface area contributed by atoms with Crippen LogP contribution in [0.15, 0.2) is 54.6 Å². The van der Waals surface area contributed by atoms with Gasteiger partial charge in [-0.05, 0) is 61.8 Å². The minimum atomic E-state index is -0.502. The minimum Gasteiger partial charge on any atom is -0.381 e. The molecule has 2 saturated heterocycles. The van der Waals surface area contributed by atoms with E-state index >= 15 is 0 Å². The SMILES string of the molecule is C[C@H]1CCCN(c2ccc([C@H](C)NC(=O)C3(c4ccccc4)CCOCC3)cc2)C1. The number of piperidine rings is 1. The number of rotatable bonds is 5. The molecule has 0 spiro atoms. The van der Waals surface area contributed by atoms with E-state index in [9.17, 15) is 4.79 Å². The highest BCUT2D eigenvalue weighted by Crippen LogP contribution is 2.36. The van der Waals surface area contributed by atoms with Crippen molar-refractivity contribution < 1.29 is 9.53 Å². The molecule has 2 aliphatic heterocycles. The number of benzene rings is 2. The van der Waals surface area contributed by atoms with Crippen LogP contribution >= 0.6 is 0 Å². The van der Waals surface area contributed by atoms with E-state index in [1.165, 1.54) is 18.5 Å². The topological polar surface area (TPSA) is 41.6 Å². The summed E-state index contributed by atoms with van der Waals surface area (Å²) in [7, 11) is 0. The summed E-state index contributed by atoms with van der Waals surface area (Å²) in [6.45, 7) is 7.93. The Morgan fingerprint density at radius 3 is 2.47 bits per heavy atom. The van der Waals surface area contributed by atoms with Crippen LogP contribution in [0.25, 0.3) is 0 Å². The van der Waals surface area contributed by atoms with Gasteiger partial charge in [0.25, 0.3) is 0 Å². The summed E-state index contributed by atoms with van der Waals surface area (Å²) in [6.07, 6.45) is 4.04. The van der Waals surface area contributed by atoms with E-state index in [0.29, 0.717) is 13.2 Å². The molecule has 1 amide bonds. The molecule has 2 aromatic rings. The number of nitrogens with zero attached hydrogens (tertiary/aromatic N) is 1. The largest absolute Gasteiger partial charge is 0.381 e. The van der Waals surface area contributed by atoms with Crippen LogP contribution in [0, 0.1) is 5.92 Å². The predicted octanol–water partition coefficient (Wildman–Crippen LogP) is 4.85. The third-order valence-corrected chi connectivity index (χ3v) is 6.87. The van der Waals surface area contributed by atoms with Crippen LogP contribution in [0.3, 0.4) is 0 Å². The summed E-state index contributed by atoms with van der Waals surface area (Å²) in [6, 6.07) is 18.9. The molecule has 160 valence electrons. The maximum Gasteiger partial charge on any atom is 0.231 e. The van der Waals surface area contributed by atoms with Gasteiger partial charge in [0, 0.05) is 32.0 Å². The predicted molar refractivity (Wildman–Crippen MR) is 122 cm³/mol. The number of nitrogens with one attached hydrogen (secondary N) is 1. The van der Waals surface area contributed by atoms with Crippen LogP contribution in [-0.4, -0.2) is 32.2 Å². The summed E-state index contributed by atoms with van der Waals surface area (Å²) < 4.78 is 5.58. The fourth-order valence-corrected chi connectivity index (χ4v) is 4.94. The zero-order valence-electron chi connectivity index (χ0n) is 18.3. The summed E-state index contributed by atoms with van der Waals surface area (Å²) in [5.41, 5.74) is 3.02. The van der Waals surface area contributed by atoms with Crippen molar-refractivity contribution in [3.63, 3.8) is 0 Å². The molecule has 2 fully saturated rings. The van der Waals surface area contributed by atoms with Crippen molar-refractivity contribution in [2.75, 3.05) is 31.2 Å². The maximum absolute atomic E-state index is 13.5. The van der Waals surface area contributed by atoms with Crippen LogP contribution in [-0.2, 0) is 14.9 Å². The minimum absolute atomic E-state index is 0.0322. The van der Waals surface area contributed by atoms with Crippen molar-refractivity contribution in [2.24, 2.45) is 5.92 Å². The van der Waals surface area contributed by atoms with Gasteiger partial charge < -0.3 is 15.0 Å². The molecule has 4 nitrogen and oxygen atoms in total. The number of hydrogen-bond donors (Lipinski definition) is 1. The van der Waals surface area contributed by atoms with Gasteiger partial charge in [-0.15, -0.1) is 0 Å². The Labute approximate surface area is 180 Å². The van der Waals surface area contributed by atoms with Gasteiger partial charge in [0.1, 0.15) is 0 Å². The molecule has 0 aromatic heterocycles. The van der Waals surface area contributed by atoms with E-state index in [-0.39, 0.29) is 11.9 Å². The van der Waals surface area contributed by atoms with Crippen molar-refractivity contribution >= 4 is 11.6 Å². The van der Waals surface area contributed by atoms with Gasteiger partial charge in [0.15, 0.2) is 0 Å². The molecule has 4 heteroatoms. The molecule has 2 aromatic carbocycles. The molecule has 0 bridgehead atoms. The first-order chi connectivity index (χ1) is 14.6. The Morgan fingerprint density at radius 1 is 1.10 bits per heavy atom. The third-order valence-electron chi connectivity index (χ3n) is 6.87. The van der Waals surface area contributed by atoms with Gasteiger partial charge in [-0.1, -0.05) is 49.4 Å². The lowest BCUT2D eigenvalue weighted by Gasteiger charge is -2.37. The van der Waals surface area contributed by atoms with Crippen molar-refractivity contribution in [3.8, 4) is 0 Å². The zero-order valence-corrected chi connectivity index (χ0v) is 18.3. The normalized spacial score (nSPS) is 22.3. The van der Waals surface area contributed by atoms with E-state index in [2.05, 4.69) is 60.5 Å². The maximum atomic E-state index is 13.5. The first-order valence-electron chi connectivity index (χ1n) is 11.4. The second-order valence-electron chi connectivity index (χ2n) is 9.04. The van der Waals surface area contributed by atoms with E-state index in [0.717, 1.165) is 43.0 Å². The first-order valence-corrected chi connectivity index (χ1v) is 11.4. The van der Waals surface area contributed by atoms with Gasteiger partial charge in [-0.2, -0.15) is 0 Å². The molecule has 2 atom stereocenters. The summed E-state index contributed by atoms with van der Waals surface area (Å²) >= 11 is 0. The van der Waals surface area contributed by atoms with Gasteiger partial charge >= 0.3 is 0 Å². The molecule has 2 heterocycles. The lowest BCUT2D eigenvalue weighted by Crippen LogP contribution is -2.48. The van der Waals surface area contributed by atoms with E-state index in [1.807, 2.05) is 18.2 Å². The van der Waals surface area contributed by atoms with Crippen LogP contribution in [0.4, 0.5) is 5.69 Å². The van der Waals surface area contributed by atoms with Crippen LogP contribution in [0.5, 0.6) is 0 Å². The Hall–Kier alpha value is -2.33. The molecular weight excluding hydrogens is 372 g/mol. The second kappa shape index (κ2) is 9.22. The average Bonchev–Trinajstić information content (AvgIpc) is 2.80. The molecule has 30 heavy (non-hydrogen) atoms. The summed E-state index contributed by atoms with van der Waals surface area (Å²) in [4.78, 5) is 16.0. The van der Waals surface area contributed by atoms with Crippen LogP contribution in [0.1, 0.15) is 56.7 Å². The number of carbonyl (C=O) groups excluding carboxylic acids is 1. The van der Waals surface area contributed by atoms with Crippen LogP contribution < -0.4 is 10.2 Å². The Balaban J connectivity index is 1.47. The number of anilines is 1. The smallest absolute Gasteiger partial charge is 0.231 e. The van der Waals surface area contributed by atoms with E-state index < -0.39 is 5.41 Å². The summed E-state index contributed by atoms with van der Waals surface area (Å²) in [5, 5.41) is 3.30. The summed E-state index contributed by atoms with van der Waals surface area (Å²) in [5.74, 6) is 0.865. The lowest BCUT2D eigenvalue weighted by atomic mass is 9.73. The average molecular weight is 407 g/mol. The quantitative estimate of drug-likeness (QED) is 0.772. The molecule has 0 aliphatic carbocycles. The van der Waals surface area contributed by atoms with Crippen molar-refractivity contribution in [2.45, 2.75) is 51.0 Å². The molecule has 0 unspecified atom stereocenters. The molecule has 0 radical (unpaired) electrons. The lowest BCUT2D eigenvalue weighted by molar-refractivity contribution is -0.131. The zero-order chi connectivity index (χ0) is 21.0. The molecule has 4 rings (SSSR count). The highest BCUT2D eigenvalue weighted by atomic mass is 16.5. The number of ether oxygens (including phenoxy) is 1. The Kier molecular flexibility index (Phi) is 6.43. The first kappa shape index (κ1) is 20.9. The van der Waals surface area contributed by atoms with E-state index in [4.69, 9.17) is 4.74 Å². The van der Waals surface area contributed by atoms with Crippen molar-refractivity contribution in [1.82, 2.24) is 5.32 Å². The monoisotopic (exact) mass is 406 g/mol. The number of amides is 1. The highest BCUT2D eigenvalue weighted by Gasteiger charge is 2.42. The van der Waals surface area contributed by atoms with Crippen molar-refractivity contribution in [1.29, 1.82) is 0 Å². The highest BCUT2D eigenvalue weighted by molar-refractivity contribution is 5.88. The Morgan fingerprint density at radius 2 is 1.80 bits per heavy atom.